The first kappa shape index (κ1) is 16.0. The Bertz CT molecular complexity index is 763. The summed E-state index contributed by atoms with van der Waals surface area (Å²) in [6, 6.07) is 3.79. The van der Waals surface area contributed by atoms with E-state index in [1.165, 1.54) is 11.1 Å². The van der Waals surface area contributed by atoms with Crippen molar-refractivity contribution in [1.82, 2.24) is 14.8 Å². The number of aliphatic carboxylic acids is 1. The van der Waals surface area contributed by atoms with Gasteiger partial charge in [-0.15, -0.1) is 0 Å². The van der Waals surface area contributed by atoms with Crippen LogP contribution in [0.3, 0.4) is 0 Å². The smallest absolute Gasteiger partial charge is 0.325 e. The van der Waals surface area contributed by atoms with Gasteiger partial charge in [-0.05, 0) is 50.7 Å². The van der Waals surface area contributed by atoms with Crippen LogP contribution in [0.25, 0.3) is 10.9 Å². The molecule has 1 atom stereocenters. The van der Waals surface area contributed by atoms with E-state index in [4.69, 9.17) is 0 Å². The maximum absolute atomic E-state index is 11.8. The molecule has 1 aliphatic heterocycles. The van der Waals surface area contributed by atoms with Crippen LogP contribution >= 0.6 is 0 Å². The molecule has 3 rings (SSSR count). The van der Waals surface area contributed by atoms with E-state index in [1.54, 1.807) is 0 Å². The number of nitrogens with zero attached hydrogens (tertiary/aromatic N) is 2. The summed E-state index contributed by atoms with van der Waals surface area (Å²) in [5.41, 5.74) is 5.78. The fourth-order valence-corrected chi connectivity index (χ4v) is 3.86. The average Bonchev–Trinajstić information content (AvgIpc) is 2.97. The van der Waals surface area contributed by atoms with Crippen LogP contribution in [0.5, 0.6) is 0 Å². The van der Waals surface area contributed by atoms with Crippen LogP contribution in [-0.4, -0.2) is 34.1 Å². The van der Waals surface area contributed by atoms with Gasteiger partial charge in [-0.25, -0.2) is 0 Å². The van der Waals surface area contributed by atoms with Gasteiger partial charge in [-0.1, -0.05) is 6.92 Å². The third-order valence-electron chi connectivity index (χ3n) is 4.83. The standard InChI is InChI=1S/C18H25N3O2/c1-5-19-17(18(22)23)16-11(3)21(6-2)15-8-13-10-20(4)9-12(13)7-14(15)16/h7-8,17,19H,5-6,9-10H2,1-4H3,(H,22,23). The Morgan fingerprint density at radius 3 is 2.52 bits per heavy atom. The number of carbonyl (C=O) groups is 1. The van der Waals surface area contributed by atoms with Crippen LogP contribution < -0.4 is 5.32 Å². The molecule has 0 spiro atoms. The van der Waals surface area contributed by atoms with Crippen molar-refractivity contribution in [3.63, 3.8) is 0 Å². The minimum absolute atomic E-state index is 0.628. The molecule has 5 heteroatoms. The van der Waals surface area contributed by atoms with E-state index in [0.717, 1.165) is 41.8 Å². The fourth-order valence-electron chi connectivity index (χ4n) is 3.86. The van der Waals surface area contributed by atoms with Crippen LogP contribution in [0.2, 0.25) is 0 Å². The van der Waals surface area contributed by atoms with Gasteiger partial charge >= 0.3 is 5.97 Å². The Kier molecular flexibility index (Phi) is 4.17. The second kappa shape index (κ2) is 5.98. The van der Waals surface area contributed by atoms with E-state index in [-0.39, 0.29) is 0 Å². The summed E-state index contributed by atoms with van der Waals surface area (Å²) in [5.74, 6) is -0.817. The maximum Gasteiger partial charge on any atom is 0.325 e. The first-order valence-electron chi connectivity index (χ1n) is 8.27. The second-order valence-electron chi connectivity index (χ2n) is 6.38. The van der Waals surface area contributed by atoms with Crippen molar-refractivity contribution in [2.45, 2.75) is 46.4 Å². The molecule has 0 radical (unpaired) electrons. The number of rotatable bonds is 5. The van der Waals surface area contributed by atoms with Crippen LogP contribution in [0, 0.1) is 6.92 Å². The molecule has 0 fully saturated rings. The minimum Gasteiger partial charge on any atom is -0.480 e. The molecular formula is C18H25N3O2. The zero-order valence-corrected chi connectivity index (χ0v) is 14.3. The van der Waals surface area contributed by atoms with Crippen LogP contribution in [0.15, 0.2) is 12.1 Å². The molecule has 0 bridgehead atoms. The summed E-state index contributed by atoms with van der Waals surface area (Å²) in [5, 5.41) is 13.9. The van der Waals surface area contributed by atoms with Crippen LogP contribution in [-0.2, 0) is 24.4 Å². The predicted molar refractivity (Wildman–Crippen MR) is 91.6 cm³/mol. The van der Waals surface area contributed by atoms with Crippen molar-refractivity contribution in [3.05, 3.63) is 34.5 Å². The number of aromatic nitrogens is 1. The van der Waals surface area contributed by atoms with Crippen LogP contribution in [0.4, 0.5) is 0 Å². The van der Waals surface area contributed by atoms with Crippen LogP contribution in [0.1, 0.15) is 42.3 Å². The van der Waals surface area contributed by atoms with Crippen molar-refractivity contribution in [1.29, 1.82) is 0 Å². The Balaban J connectivity index is 2.27. The first-order valence-corrected chi connectivity index (χ1v) is 8.27. The molecular weight excluding hydrogens is 290 g/mol. The van der Waals surface area contributed by atoms with E-state index in [1.807, 2.05) is 13.8 Å². The summed E-state index contributed by atoms with van der Waals surface area (Å²) >= 11 is 0. The van der Waals surface area contributed by atoms with Crippen molar-refractivity contribution in [3.8, 4) is 0 Å². The number of fused-ring (bicyclic) bond motifs is 2. The molecule has 1 unspecified atom stereocenters. The summed E-state index contributed by atoms with van der Waals surface area (Å²) < 4.78 is 2.23. The molecule has 2 N–H and O–H groups in total. The van der Waals surface area contributed by atoms with Gasteiger partial charge in [-0.2, -0.15) is 0 Å². The van der Waals surface area contributed by atoms with Gasteiger partial charge in [-0.3, -0.25) is 9.69 Å². The Morgan fingerprint density at radius 1 is 1.30 bits per heavy atom. The molecule has 2 aromatic rings. The van der Waals surface area contributed by atoms with E-state index in [0.29, 0.717) is 6.54 Å². The van der Waals surface area contributed by atoms with Crippen molar-refractivity contribution in [2.24, 2.45) is 0 Å². The topological polar surface area (TPSA) is 57.5 Å². The van der Waals surface area contributed by atoms with Gasteiger partial charge in [0.15, 0.2) is 0 Å². The lowest BCUT2D eigenvalue weighted by molar-refractivity contribution is -0.139. The molecule has 0 saturated heterocycles. The monoisotopic (exact) mass is 315 g/mol. The highest BCUT2D eigenvalue weighted by Gasteiger charge is 2.28. The predicted octanol–water partition coefficient (Wildman–Crippen LogP) is 2.65. The normalized spacial score (nSPS) is 16.0. The second-order valence-corrected chi connectivity index (χ2v) is 6.38. The molecule has 23 heavy (non-hydrogen) atoms. The van der Waals surface area contributed by atoms with Gasteiger partial charge in [0.1, 0.15) is 6.04 Å². The summed E-state index contributed by atoms with van der Waals surface area (Å²) in [4.78, 5) is 14.1. The molecule has 5 nitrogen and oxygen atoms in total. The Hall–Kier alpha value is -1.85. The summed E-state index contributed by atoms with van der Waals surface area (Å²) in [7, 11) is 2.11. The van der Waals surface area contributed by atoms with E-state index in [9.17, 15) is 9.90 Å². The maximum atomic E-state index is 11.8. The number of aryl methyl sites for hydroxylation is 1. The molecule has 0 aliphatic carbocycles. The number of benzene rings is 1. The molecule has 1 aromatic heterocycles. The van der Waals surface area contributed by atoms with Gasteiger partial charge in [0.2, 0.25) is 0 Å². The van der Waals surface area contributed by atoms with Crippen molar-refractivity contribution >= 4 is 16.9 Å². The van der Waals surface area contributed by atoms with Gasteiger partial charge in [0.25, 0.3) is 0 Å². The highest BCUT2D eigenvalue weighted by atomic mass is 16.4. The van der Waals surface area contributed by atoms with Crippen molar-refractivity contribution in [2.75, 3.05) is 13.6 Å². The highest BCUT2D eigenvalue weighted by molar-refractivity contribution is 5.92. The van der Waals surface area contributed by atoms with E-state index >= 15 is 0 Å². The summed E-state index contributed by atoms with van der Waals surface area (Å²) in [6.07, 6.45) is 0. The van der Waals surface area contributed by atoms with E-state index < -0.39 is 12.0 Å². The highest BCUT2D eigenvalue weighted by Crippen LogP contribution is 2.35. The lowest BCUT2D eigenvalue weighted by Crippen LogP contribution is -2.28. The number of carboxylic acids is 1. The lowest BCUT2D eigenvalue weighted by Gasteiger charge is -2.14. The number of likely N-dealkylation sites (N-methyl/N-ethyl adjacent to an activating group) is 1. The molecule has 2 heterocycles. The molecule has 0 amide bonds. The zero-order chi connectivity index (χ0) is 16.7. The third kappa shape index (κ3) is 2.54. The zero-order valence-electron chi connectivity index (χ0n) is 14.3. The average molecular weight is 315 g/mol. The molecule has 0 saturated carbocycles. The molecule has 124 valence electrons. The van der Waals surface area contributed by atoms with Gasteiger partial charge in [0.05, 0.1) is 0 Å². The Morgan fingerprint density at radius 2 is 1.96 bits per heavy atom. The largest absolute Gasteiger partial charge is 0.480 e. The summed E-state index contributed by atoms with van der Waals surface area (Å²) in [6.45, 7) is 9.45. The minimum atomic E-state index is -0.817. The van der Waals surface area contributed by atoms with Gasteiger partial charge in [0, 0.05) is 41.8 Å². The van der Waals surface area contributed by atoms with Crippen molar-refractivity contribution < 1.29 is 9.90 Å². The quantitative estimate of drug-likeness (QED) is 0.890. The van der Waals surface area contributed by atoms with E-state index in [2.05, 4.69) is 40.9 Å². The fraction of sp³-hybridized carbons (Fsp3) is 0.500. The molecule has 1 aromatic carbocycles. The molecule has 1 aliphatic rings. The number of nitrogens with one attached hydrogen (secondary N) is 1. The SMILES string of the molecule is CCNC(C(=O)O)c1c(C)n(CC)c2cc3c(cc12)CN(C)C3. The third-order valence-corrected chi connectivity index (χ3v) is 4.83. The number of carboxylic acid groups (broad SMARTS) is 1. The first-order chi connectivity index (χ1) is 11.0. The Labute approximate surface area is 136 Å². The lowest BCUT2D eigenvalue weighted by atomic mass is 10.00. The van der Waals surface area contributed by atoms with Gasteiger partial charge < -0.3 is 15.0 Å². The number of hydrogen-bond donors (Lipinski definition) is 2. The number of hydrogen-bond acceptors (Lipinski definition) is 3.